The van der Waals surface area contributed by atoms with Crippen molar-refractivity contribution in [1.82, 2.24) is 9.13 Å². The zero-order chi connectivity index (χ0) is 37.9. The average molecular weight is 741 g/mol. The molecule has 270 valence electrons. The van der Waals surface area contributed by atoms with Gasteiger partial charge in [-0.2, -0.15) is 0 Å². The van der Waals surface area contributed by atoms with Gasteiger partial charge < -0.3 is 18.0 Å². The summed E-state index contributed by atoms with van der Waals surface area (Å²) in [5.41, 5.74) is 14.9. The van der Waals surface area contributed by atoms with Crippen LogP contribution in [0.3, 0.4) is 0 Å². The van der Waals surface area contributed by atoms with Gasteiger partial charge in [0.1, 0.15) is 11.2 Å². The third kappa shape index (κ3) is 4.45. The fraction of sp³-hybridized carbons (Fsp3) is 0. The molecule has 0 N–H and O–H groups in total. The van der Waals surface area contributed by atoms with Gasteiger partial charge >= 0.3 is 0 Å². The van der Waals surface area contributed by atoms with Gasteiger partial charge in [-0.25, -0.2) is 0 Å². The summed E-state index contributed by atoms with van der Waals surface area (Å²) in [4.78, 5) is 0. The Labute approximate surface area is 332 Å². The molecule has 0 radical (unpaired) electrons. The third-order valence-electron chi connectivity index (χ3n) is 12.1. The van der Waals surface area contributed by atoms with Gasteiger partial charge in [0.25, 0.3) is 0 Å². The largest absolute Gasteiger partial charge is 0.452 e. The second-order valence-electron chi connectivity index (χ2n) is 15.3. The van der Waals surface area contributed by atoms with Gasteiger partial charge in [0.15, 0.2) is 11.2 Å². The highest BCUT2D eigenvalue weighted by molar-refractivity contribution is 6.20. The van der Waals surface area contributed by atoms with Crippen molar-refractivity contribution in [3.05, 3.63) is 194 Å². The molecule has 0 aliphatic heterocycles. The van der Waals surface area contributed by atoms with Crippen molar-refractivity contribution in [3.8, 4) is 33.6 Å². The minimum atomic E-state index is 0.775. The van der Waals surface area contributed by atoms with E-state index in [1.54, 1.807) is 0 Å². The van der Waals surface area contributed by atoms with Gasteiger partial charge in [-0.05, 0) is 113 Å². The van der Waals surface area contributed by atoms with Gasteiger partial charge in [0, 0.05) is 54.5 Å². The first kappa shape index (κ1) is 31.4. The molecule has 4 heteroatoms. The van der Waals surface area contributed by atoms with Crippen LogP contribution in [0.1, 0.15) is 0 Å². The Balaban J connectivity index is 0.912. The lowest BCUT2D eigenvalue weighted by atomic mass is 10.00. The SMILES string of the molecule is c1ccc(-n2c3ccccc3c3cc(-c4ccc5oc6c(ccc7c8cc(-c9cccc(-n%10c%11ccccc%11c%11ccccc%11%10)c9)ccc8oc76)c5c4)ccc32)cc1. The Morgan fingerprint density at radius 2 is 0.690 bits per heavy atom. The lowest BCUT2D eigenvalue weighted by molar-refractivity contribution is 0.633. The van der Waals surface area contributed by atoms with Crippen LogP contribution in [-0.4, -0.2) is 9.13 Å². The number of nitrogens with zero attached hydrogens (tertiary/aromatic N) is 2. The summed E-state index contributed by atoms with van der Waals surface area (Å²) in [7, 11) is 0. The van der Waals surface area contributed by atoms with Crippen LogP contribution in [0.15, 0.2) is 203 Å². The van der Waals surface area contributed by atoms with Crippen LogP contribution in [0.4, 0.5) is 0 Å². The zero-order valence-electron chi connectivity index (χ0n) is 31.2. The highest BCUT2D eigenvalue weighted by Gasteiger charge is 2.19. The summed E-state index contributed by atoms with van der Waals surface area (Å²) < 4.78 is 17.9. The predicted octanol–water partition coefficient (Wildman–Crippen LogP) is 15.0. The molecule has 0 amide bonds. The van der Waals surface area contributed by atoms with E-state index in [9.17, 15) is 0 Å². The number of hydrogen-bond acceptors (Lipinski definition) is 2. The van der Waals surface area contributed by atoms with E-state index in [1.165, 1.54) is 49.2 Å². The maximum atomic E-state index is 6.61. The third-order valence-corrected chi connectivity index (χ3v) is 12.1. The highest BCUT2D eigenvalue weighted by Crippen LogP contribution is 2.42. The molecule has 0 saturated heterocycles. The summed E-state index contributed by atoms with van der Waals surface area (Å²) >= 11 is 0. The molecule has 0 spiro atoms. The smallest absolute Gasteiger partial charge is 0.178 e. The first-order valence-electron chi connectivity index (χ1n) is 19.7. The number of hydrogen-bond donors (Lipinski definition) is 0. The van der Waals surface area contributed by atoms with Gasteiger partial charge in [-0.1, -0.05) is 103 Å². The molecule has 13 rings (SSSR count). The van der Waals surface area contributed by atoms with E-state index in [4.69, 9.17) is 8.83 Å². The van der Waals surface area contributed by atoms with Crippen LogP contribution < -0.4 is 0 Å². The second-order valence-corrected chi connectivity index (χ2v) is 15.3. The molecule has 9 aromatic carbocycles. The van der Waals surface area contributed by atoms with E-state index in [-0.39, 0.29) is 0 Å². The number of aromatic nitrogens is 2. The number of benzene rings is 9. The molecule has 0 saturated carbocycles. The molecular formula is C54H32N2O2. The topological polar surface area (TPSA) is 36.1 Å². The predicted molar refractivity (Wildman–Crippen MR) is 241 cm³/mol. The fourth-order valence-electron chi connectivity index (χ4n) is 9.46. The highest BCUT2D eigenvalue weighted by atomic mass is 16.4. The Hall–Kier alpha value is -7.82. The molecular weight excluding hydrogens is 709 g/mol. The van der Waals surface area contributed by atoms with Crippen LogP contribution in [-0.2, 0) is 0 Å². The molecule has 58 heavy (non-hydrogen) atoms. The van der Waals surface area contributed by atoms with Crippen molar-refractivity contribution in [2.24, 2.45) is 0 Å². The van der Waals surface area contributed by atoms with Crippen LogP contribution in [0.2, 0.25) is 0 Å². The van der Waals surface area contributed by atoms with Crippen molar-refractivity contribution >= 4 is 87.5 Å². The molecule has 0 aliphatic carbocycles. The fourth-order valence-corrected chi connectivity index (χ4v) is 9.46. The van der Waals surface area contributed by atoms with E-state index < -0.39 is 0 Å². The Morgan fingerprint density at radius 1 is 0.259 bits per heavy atom. The normalized spacial score (nSPS) is 12.1. The number of para-hydroxylation sites is 4. The summed E-state index contributed by atoms with van der Waals surface area (Å²) in [5, 5.41) is 9.22. The standard InChI is InChI=1S/C54H32N2O2/c1-2-12-37(13-3-1)55-49-20-9-6-17-41(49)44-30-34(21-26-50(44)55)36-23-28-52-46(32-36)43-25-24-42-45-31-35(22-27-51(45)57-53(42)54(43)58-52)33-11-10-14-38(29-33)56-47-18-7-4-15-39(47)40-16-5-8-19-48(40)56/h1-32H. The van der Waals surface area contributed by atoms with E-state index >= 15 is 0 Å². The maximum Gasteiger partial charge on any atom is 0.178 e. The van der Waals surface area contributed by atoms with Crippen molar-refractivity contribution in [1.29, 1.82) is 0 Å². The molecule has 4 heterocycles. The minimum Gasteiger partial charge on any atom is -0.452 e. The summed E-state index contributed by atoms with van der Waals surface area (Å²) in [6, 6.07) is 69.6. The monoisotopic (exact) mass is 740 g/mol. The van der Waals surface area contributed by atoms with Crippen molar-refractivity contribution in [3.63, 3.8) is 0 Å². The molecule has 4 nitrogen and oxygen atoms in total. The van der Waals surface area contributed by atoms with Crippen LogP contribution >= 0.6 is 0 Å². The van der Waals surface area contributed by atoms with Gasteiger partial charge in [0.05, 0.1) is 22.1 Å². The number of rotatable bonds is 4. The average Bonchev–Trinajstić information content (AvgIpc) is 4.04. The van der Waals surface area contributed by atoms with Crippen molar-refractivity contribution in [2.45, 2.75) is 0 Å². The number of fused-ring (bicyclic) bond motifs is 13. The van der Waals surface area contributed by atoms with E-state index in [2.05, 4.69) is 203 Å². The Bertz CT molecular complexity index is 3750. The summed E-state index contributed by atoms with van der Waals surface area (Å²) in [6.45, 7) is 0. The molecule has 0 unspecified atom stereocenters. The maximum absolute atomic E-state index is 6.61. The lowest BCUT2D eigenvalue weighted by Gasteiger charge is -2.10. The van der Waals surface area contributed by atoms with Crippen LogP contribution in [0, 0.1) is 0 Å². The summed E-state index contributed by atoms with van der Waals surface area (Å²) in [5.74, 6) is 0. The first-order valence-corrected chi connectivity index (χ1v) is 19.7. The zero-order valence-corrected chi connectivity index (χ0v) is 31.2. The lowest BCUT2D eigenvalue weighted by Crippen LogP contribution is -1.94. The molecule has 0 fully saturated rings. The van der Waals surface area contributed by atoms with Gasteiger partial charge in [-0.3, -0.25) is 0 Å². The summed E-state index contributed by atoms with van der Waals surface area (Å²) in [6.07, 6.45) is 0. The van der Waals surface area contributed by atoms with E-state index in [0.29, 0.717) is 0 Å². The molecule has 0 atom stereocenters. The van der Waals surface area contributed by atoms with Crippen LogP contribution in [0.25, 0.3) is 121 Å². The van der Waals surface area contributed by atoms with Gasteiger partial charge in [0.2, 0.25) is 0 Å². The molecule has 4 aromatic heterocycles. The molecule has 0 aliphatic rings. The molecule has 13 aromatic rings. The van der Waals surface area contributed by atoms with Crippen LogP contribution in [0.5, 0.6) is 0 Å². The molecule has 0 bridgehead atoms. The van der Waals surface area contributed by atoms with Crippen molar-refractivity contribution in [2.75, 3.05) is 0 Å². The quantitative estimate of drug-likeness (QED) is 0.180. The van der Waals surface area contributed by atoms with E-state index in [1.807, 2.05) is 0 Å². The number of furan rings is 2. The minimum absolute atomic E-state index is 0.775. The first-order chi connectivity index (χ1) is 28.7. The Morgan fingerprint density at radius 3 is 1.28 bits per heavy atom. The second kappa shape index (κ2) is 11.8. The van der Waals surface area contributed by atoms with E-state index in [0.717, 1.165) is 71.9 Å². The van der Waals surface area contributed by atoms with Crippen molar-refractivity contribution < 1.29 is 8.83 Å². The Kier molecular flexibility index (Phi) is 6.41. The van der Waals surface area contributed by atoms with Gasteiger partial charge in [-0.15, -0.1) is 0 Å².